The maximum Gasteiger partial charge on any atom is 0.340 e. The molecule has 0 bridgehead atoms. The highest BCUT2D eigenvalue weighted by Crippen LogP contribution is 2.31. The molecule has 0 aliphatic heterocycles. The summed E-state index contributed by atoms with van der Waals surface area (Å²) in [4.78, 5) is 36.1. The van der Waals surface area contributed by atoms with Crippen molar-refractivity contribution in [1.29, 1.82) is 0 Å². The Morgan fingerprint density at radius 3 is 2.58 bits per heavy atom. The summed E-state index contributed by atoms with van der Waals surface area (Å²) in [6.07, 6.45) is 0.590. The third-order valence-corrected chi connectivity index (χ3v) is 6.25. The molecule has 7 nitrogen and oxygen atoms in total. The Labute approximate surface area is 211 Å². The number of benzene rings is 3. The molecule has 0 spiro atoms. The van der Waals surface area contributed by atoms with Crippen LogP contribution in [0.5, 0.6) is 0 Å². The van der Waals surface area contributed by atoms with Crippen molar-refractivity contribution in [3.05, 3.63) is 89.1 Å². The van der Waals surface area contributed by atoms with E-state index < -0.39 is 18.5 Å². The average Bonchev–Trinajstić information content (AvgIpc) is 3.50. The highest BCUT2D eigenvalue weighted by Gasteiger charge is 2.17. The number of hydrogen-bond acceptors (Lipinski definition) is 5. The number of anilines is 1. The zero-order valence-electron chi connectivity index (χ0n) is 19.3. The molecular formula is C28H21ClN2O5. The Balaban J connectivity index is 1.29. The smallest absolute Gasteiger partial charge is 0.340 e. The number of fused-ring (bicyclic) bond motifs is 3. The van der Waals surface area contributed by atoms with Gasteiger partial charge < -0.3 is 19.0 Å². The number of hydrogen-bond donors (Lipinski definition) is 1. The van der Waals surface area contributed by atoms with E-state index in [2.05, 4.69) is 28.9 Å². The van der Waals surface area contributed by atoms with E-state index in [0.29, 0.717) is 23.3 Å². The minimum absolute atomic E-state index is 0.0832. The van der Waals surface area contributed by atoms with Crippen molar-refractivity contribution in [2.75, 3.05) is 11.9 Å². The van der Waals surface area contributed by atoms with Gasteiger partial charge in [0.25, 0.3) is 5.91 Å². The van der Waals surface area contributed by atoms with Crippen molar-refractivity contribution < 1.29 is 23.5 Å². The summed E-state index contributed by atoms with van der Waals surface area (Å²) in [7, 11) is 0. The monoisotopic (exact) mass is 500 g/mol. The van der Waals surface area contributed by atoms with Crippen molar-refractivity contribution in [2.24, 2.45) is 0 Å². The zero-order chi connectivity index (χ0) is 25.2. The van der Waals surface area contributed by atoms with Gasteiger partial charge in [0, 0.05) is 39.6 Å². The number of para-hydroxylation sites is 1. The van der Waals surface area contributed by atoms with Crippen LogP contribution in [-0.4, -0.2) is 29.3 Å². The normalized spacial score (nSPS) is 11.1. The Hall–Kier alpha value is -4.36. The molecule has 5 rings (SSSR count). The van der Waals surface area contributed by atoms with Crippen LogP contribution < -0.4 is 5.32 Å². The quantitative estimate of drug-likeness (QED) is 0.208. The molecule has 1 N–H and O–H groups in total. The molecule has 36 heavy (non-hydrogen) atoms. The van der Waals surface area contributed by atoms with Crippen LogP contribution in [0.1, 0.15) is 27.8 Å². The first-order valence-corrected chi connectivity index (χ1v) is 11.7. The highest BCUT2D eigenvalue weighted by molar-refractivity contribution is 6.33. The summed E-state index contributed by atoms with van der Waals surface area (Å²) in [5.41, 5.74) is 3.44. The standard InChI is InChI=1S/C28H21ClN2O5/c1-2-31-24-6-4-3-5-20(24)21-14-18(8-11-25(21)31)30-27(33)16-35-28(34)22-13-17(7-10-23(22)29)26-12-9-19(15-32)36-26/h3-15H,2,16H2,1H3,(H,30,33). The van der Waals surface area contributed by atoms with Crippen LogP contribution in [0.25, 0.3) is 33.1 Å². The molecule has 3 aromatic carbocycles. The van der Waals surface area contributed by atoms with Gasteiger partial charge in [-0.3, -0.25) is 9.59 Å². The second-order valence-electron chi connectivity index (χ2n) is 8.13. The van der Waals surface area contributed by atoms with Gasteiger partial charge in [0.15, 0.2) is 18.7 Å². The van der Waals surface area contributed by atoms with Gasteiger partial charge in [-0.1, -0.05) is 29.8 Å². The van der Waals surface area contributed by atoms with Gasteiger partial charge in [0.1, 0.15) is 5.76 Å². The SMILES string of the molecule is CCn1c2ccccc2c2cc(NC(=O)COC(=O)c3cc(-c4ccc(C=O)o4)ccc3Cl)ccc21. The maximum atomic E-state index is 12.6. The molecule has 8 heteroatoms. The lowest BCUT2D eigenvalue weighted by Crippen LogP contribution is -2.21. The second-order valence-corrected chi connectivity index (χ2v) is 8.54. The third-order valence-electron chi connectivity index (χ3n) is 5.92. The number of rotatable bonds is 7. The summed E-state index contributed by atoms with van der Waals surface area (Å²) < 4.78 is 12.8. The van der Waals surface area contributed by atoms with Crippen LogP contribution in [0.4, 0.5) is 5.69 Å². The van der Waals surface area contributed by atoms with Gasteiger partial charge in [-0.2, -0.15) is 0 Å². The molecule has 2 aromatic heterocycles. The van der Waals surface area contributed by atoms with Crippen LogP contribution in [0.2, 0.25) is 5.02 Å². The number of carbonyl (C=O) groups is 3. The molecule has 0 aliphatic rings. The maximum absolute atomic E-state index is 12.6. The van der Waals surface area contributed by atoms with E-state index in [1.54, 1.807) is 12.1 Å². The van der Waals surface area contributed by atoms with Crippen molar-refractivity contribution in [2.45, 2.75) is 13.5 Å². The Bertz CT molecular complexity index is 1630. The minimum atomic E-state index is -0.749. The van der Waals surface area contributed by atoms with Crippen molar-refractivity contribution in [3.8, 4) is 11.3 Å². The lowest BCUT2D eigenvalue weighted by Gasteiger charge is -2.09. The van der Waals surface area contributed by atoms with E-state index in [1.165, 1.54) is 18.2 Å². The van der Waals surface area contributed by atoms with Crippen LogP contribution in [0, 0.1) is 0 Å². The van der Waals surface area contributed by atoms with Gasteiger partial charge in [0.2, 0.25) is 0 Å². The Morgan fingerprint density at radius 1 is 1.00 bits per heavy atom. The first kappa shape index (κ1) is 23.4. The van der Waals surface area contributed by atoms with Crippen LogP contribution in [0.15, 0.2) is 77.2 Å². The first-order chi connectivity index (χ1) is 17.5. The molecule has 0 saturated heterocycles. The number of esters is 1. The lowest BCUT2D eigenvalue weighted by atomic mass is 10.1. The van der Waals surface area contributed by atoms with Crippen molar-refractivity contribution >= 4 is 57.3 Å². The number of aldehydes is 1. The topological polar surface area (TPSA) is 90.5 Å². The zero-order valence-corrected chi connectivity index (χ0v) is 20.0. The van der Waals surface area contributed by atoms with Crippen LogP contribution >= 0.6 is 11.6 Å². The summed E-state index contributed by atoms with van der Waals surface area (Å²) in [5.74, 6) is -0.657. The number of aryl methyl sites for hydroxylation is 1. The molecule has 0 aliphatic carbocycles. The Morgan fingerprint density at radius 2 is 1.81 bits per heavy atom. The molecule has 0 fully saturated rings. The molecule has 0 radical (unpaired) electrons. The van der Waals surface area contributed by atoms with Crippen molar-refractivity contribution in [1.82, 2.24) is 4.57 Å². The molecule has 0 saturated carbocycles. The third kappa shape index (κ3) is 4.36. The molecule has 180 valence electrons. The molecule has 0 atom stereocenters. The summed E-state index contributed by atoms with van der Waals surface area (Å²) in [6.45, 7) is 2.44. The second kappa shape index (κ2) is 9.71. The van der Waals surface area contributed by atoms with E-state index in [4.69, 9.17) is 20.8 Å². The number of halogens is 1. The number of amides is 1. The van der Waals surface area contributed by atoms with E-state index in [-0.39, 0.29) is 16.3 Å². The van der Waals surface area contributed by atoms with Gasteiger partial charge in [-0.15, -0.1) is 0 Å². The van der Waals surface area contributed by atoms with E-state index in [0.717, 1.165) is 28.4 Å². The molecule has 1 amide bonds. The van der Waals surface area contributed by atoms with Crippen LogP contribution in [0.3, 0.4) is 0 Å². The molecule has 5 aromatic rings. The molecular weight excluding hydrogens is 480 g/mol. The van der Waals surface area contributed by atoms with Crippen LogP contribution in [-0.2, 0) is 16.1 Å². The number of furan rings is 1. The van der Waals surface area contributed by atoms with E-state index in [9.17, 15) is 14.4 Å². The average molecular weight is 501 g/mol. The Kier molecular flexibility index (Phi) is 6.31. The fourth-order valence-electron chi connectivity index (χ4n) is 4.28. The summed E-state index contributed by atoms with van der Waals surface area (Å²) >= 11 is 6.18. The number of nitrogens with zero attached hydrogens (tertiary/aromatic N) is 1. The molecule has 2 heterocycles. The first-order valence-electron chi connectivity index (χ1n) is 11.3. The predicted molar refractivity (Wildman–Crippen MR) is 139 cm³/mol. The van der Waals surface area contributed by atoms with E-state index >= 15 is 0 Å². The summed E-state index contributed by atoms with van der Waals surface area (Å²) in [5, 5.41) is 5.09. The minimum Gasteiger partial charge on any atom is -0.453 e. The summed E-state index contributed by atoms with van der Waals surface area (Å²) in [6, 6.07) is 21.6. The molecule has 0 unspecified atom stereocenters. The van der Waals surface area contributed by atoms with Gasteiger partial charge in [-0.25, -0.2) is 4.79 Å². The van der Waals surface area contributed by atoms with Gasteiger partial charge in [0.05, 0.1) is 10.6 Å². The predicted octanol–water partition coefficient (Wildman–Crippen LogP) is 6.34. The fourth-order valence-corrected chi connectivity index (χ4v) is 4.48. The fraction of sp³-hybridized carbons (Fsp3) is 0.107. The number of ether oxygens (including phenoxy) is 1. The number of nitrogens with one attached hydrogen (secondary N) is 1. The highest BCUT2D eigenvalue weighted by atomic mass is 35.5. The largest absolute Gasteiger partial charge is 0.453 e. The number of carbonyl (C=O) groups excluding carboxylic acids is 3. The van der Waals surface area contributed by atoms with E-state index in [1.807, 2.05) is 30.3 Å². The lowest BCUT2D eigenvalue weighted by molar-refractivity contribution is -0.119. The van der Waals surface area contributed by atoms with Crippen molar-refractivity contribution in [3.63, 3.8) is 0 Å². The van der Waals surface area contributed by atoms with Gasteiger partial charge >= 0.3 is 5.97 Å². The number of aromatic nitrogens is 1. The van der Waals surface area contributed by atoms with Gasteiger partial charge in [-0.05, 0) is 61.5 Å².